The first-order valence-corrected chi connectivity index (χ1v) is 5.91. The lowest BCUT2D eigenvalue weighted by Crippen LogP contribution is -2.11. The maximum atomic E-state index is 5.45. The van der Waals surface area contributed by atoms with Gasteiger partial charge in [0.2, 0.25) is 0 Å². The summed E-state index contributed by atoms with van der Waals surface area (Å²) in [5.74, 6) is 7.24. The Hall–Kier alpha value is -1.95. The highest BCUT2D eigenvalue weighted by Gasteiger charge is 2.10. The minimum atomic E-state index is 0.532. The first-order chi connectivity index (χ1) is 8.60. The fourth-order valence-electron chi connectivity index (χ4n) is 1.78. The van der Waals surface area contributed by atoms with Gasteiger partial charge in [-0.1, -0.05) is 13.8 Å². The third kappa shape index (κ3) is 2.65. The number of aryl methyl sites for hydroxylation is 1. The number of rotatable bonds is 4. The summed E-state index contributed by atoms with van der Waals surface area (Å²) in [6.07, 6.45) is 4.36. The van der Waals surface area contributed by atoms with Crippen molar-refractivity contribution in [3.05, 3.63) is 24.3 Å². The quantitative estimate of drug-likeness (QED) is 0.629. The van der Waals surface area contributed by atoms with Crippen molar-refractivity contribution in [1.82, 2.24) is 19.5 Å². The predicted molar refractivity (Wildman–Crippen MR) is 70.6 cm³/mol. The fraction of sp³-hybridized carbons (Fsp3) is 0.417. The largest absolute Gasteiger partial charge is 0.331 e. The van der Waals surface area contributed by atoms with Crippen LogP contribution in [0.3, 0.4) is 0 Å². The molecular weight excluding hydrogens is 228 g/mol. The summed E-state index contributed by atoms with van der Waals surface area (Å²) in [6.45, 7) is 4.31. The number of nitrogens with zero attached hydrogens (tertiary/aromatic N) is 4. The Kier molecular flexibility index (Phi) is 3.57. The fourth-order valence-corrected chi connectivity index (χ4v) is 1.78. The topological polar surface area (TPSA) is 81.6 Å². The number of imidazole rings is 1. The Bertz CT molecular complexity index is 531. The molecule has 0 fully saturated rings. The molecule has 0 aromatic carbocycles. The zero-order valence-corrected chi connectivity index (χ0v) is 10.9. The normalized spacial score (nSPS) is 10.9. The van der Waals surface area contributed by atoms with Crippen LogP contribution in [-0.2, 0) is 13.5 Å². The molecular formula is C12H18N6. The molecule has 6 nitrogen and oxygen atoms in total. The number of nitrogens with one attached hydrogen (secondary N) is 1. The van der Waals surface area contributed by atoms with Crippen molar-refractivity contribution in [1.29, 1.82) is 0 Å². The van der Waals surface area contributed by atoms with Crippen LogP contribution in [-0.4, -0.2) is 19.5 Å². The molecule has 2 heterocycles. The SMILES string of the molecule is CC(C)Cc1cc(NN)nc(-c2cncn2C)n1. The molecule has 0 bridgehead atoms. The number of hydrogen-bond acceptors (Lipinski definition) is 5. The van der Waals surface area contributed by atoms with E-state index in [2.05, 4.69) is 34.2 Å². The van der Waals surface area contributed by atoms with Crippen molar-refractivity contribution in [2.75, 3.05) is 5.43 Å². The summed E-state index contributed by atoms with van der Waals surface area (Å²) in [5.41, 5.74) is 4.43. The molecule has 0 radical (unpaired) electrons. The molecule has 96 valence electrons. The highest BCUT2D eigenvalue weighted by atomic mass is 15.3. The third-order valence-electron chi connectivity index (χ3n) is 2.59. The molecule has 2 aromatic heterocycles. The summed E-state index contributed by atoms with van der Waals surface area (Å²) in [6, 6.07) is 1.87. The monoisotopic (exact) mass is 246 g/mol. The Morgan fingerprint density at radius 3 is 2.72 bits per heavy atom. The van der Waals surface area contributed by atoms with Crippen molar-refractivity contribution in [3.8, 4) is 11.5 Å². The summed E-state index contributed by atoms with van der Waals surface area (Å²) in [4.78, 5) is 13.0. The van der Waals surface area contributed by atoms with E-state index in [-0.39, 0.29) is 0 Å². The van der Waals surface area contributed by atoms with Gasteiger partial charge in [-0.3, -0.25) is 0 Å². The van der Waals surface area contributed by atoms with Crippen LogP contribution in [0, 0.1) is 5.92 Å². The number of hydrogen-bond donors (Lipinski definition) is 2. The Morgan fingerprint density at radius 2 is 2.17 bits per heavy atom. The first-order valence-electron chi connectivity index (χ1n) is 5.91. The maximum absolute atomic E-state index is 5.45. The molecule has 0 aliphatic rings. The van der Waals surface area contributed by atoms with Gasteiger partial charge >= 0.3 is 0 Å². The smallest absolute Gasteiger partial charge is 0.180 e. The molecule has 0 atom stereocenters. The van der Waals surface area contributed by atoms with E-state index in [0.717, 1.165) is 17.8 Å². The molecule has 0 amide bonds. The highest BCUT2D eigenvalue weighted by Crippen LogP contribution is 2.18. The van der Waals surface area contributed by atoms with E-state index in [4.69, 9.17) is 5.84 Å². The second-order valence-electron chi connectivity index (χ2n) is 4.70. The molecule has 3 N–H and O–H groups in total. The van der Waals surface area contributed by atoms with Gasteiger partial charge < -0.3 is 9.99 Å². The van der Waals surface area contributed by atoms with Gasteiger partial charge in [0.15, 0.2) is 5.82 Å². The molecule has 2 aromatic rings. The van der Waals surface area contributed by atoms with Crippen molar-refractivity contribution in [3.63, 3.8) is 0 Å². The first kappa shape index (κ1) is 12.5. The molecule has 18 heavy (non-hydrogen) atoms. The molecule has 0 unspecified atom stereocenters. The van der Waals surface area contributed by atoms with Crippen LogP contribution in [0.15, 0.2) is 18.6 Å². The lowest BCUT2D eigenvalue weighted by molar-refractivity contribution is 0.634. The molecule has 0 spiro atoms. The van der Waals surface area contributed by atoms with E-state index in [1.54, 1.807) is 12.5 Å². The third-order valence-corrected chi connectivity index (χ3v) is 2.59. The number of anilines is 1. The van der Waals surface area contributed by atoms with Gasteiger partial charge in [-0.05, 0) is 12.3 Å². The van der Waals surface area contributed by atoms with E-state index in [1.165, 1.54) is 0 Å². The minimum Gasteiger partial charge on any atom is -0.331 e. The summed E-state index contributed by atoms with van der Waals surface area (Å²) in [7, 11) is 1.91. The van der Waals surface area contributed by atoms with Gasteiger partial charge in [-0.15, -0.1) is 0 Å². The average Bonchev–Trinajstić information content (AvgIpc) is 2.74. The summed E-state index contributed by atoms with van der Waals surface area (Å²) < 4.78 is 1.88. The van der Waals surface area contributed by atoms with E-state index < -0.39 is 0 Å². The zero-order chi connectivity index (χ0) is 13.1. The lowest BCUT2D eigenvalue weighted by atomic mass is 10.1. The summed E-state index contributed by atoms with van der Waals surface area (Å²) in [5, 5.41) is 0. The maximum Gasteiger partial charge on any atom is 0.180 e. The number of aromatic nitrogens is 4. The molecule has 6 heteroatoms. The second kappa shape index (κ2) is 5.14. The molecule has 2 rings (SSSR count). The van der Waals surface area contributed by atoms with Crippen LogP contribution >= 0.6 is 0 Å². The number of hydrazine groups is 1. The predicted octanol–water partition coefficient (Wildman–Crippen LogP) is 1.36. The molecule has 0 aliphatic heterocycles. The van der Waals surface area contributed by atoms with E-state index >= 15 is 0 Å². The van der Waals surface area contributed by atoms with Crippen molar-refractivity contribution in [2.24, 2.45) is 18.8 Å². The Balaban J connectivity index is 2.44. The van der Waals surface area contributed by atoms with Gasteiger partial charge in [-0.2, -0.15) is 0 Å². The van der Waals surface area contributed by atoms with Gasteiger partial charge in [0, 0.05) is 18.8 Å². The van der Waals surface area contributed by atoms with Crippen molar-refractivity contribution < 1.29 is 0 Å². The van der Waals surface area contributed by atoms with E-state index in [9.17, 15) is 0 Å². The van der Waals surface area contributed by atoms with E-state index in [0.29, 0.717) is 17.6 Å². The van der Waals surface area contributed by atoms with Crippen LogP contribution in [0.2, 0.25) is 0 Å². The van der Waals surface area contributed by atoms with E-state index in [1.807, 2.05) is 17.7 Å². The molecule has 0 aliphatic carbocycles. The highest BCUT2D eigenvalue weighted by molar-refractivity contribution is 5.52. The lowest BCUT2D eigenvalue weighted by Gasteiger charge is -2.09. The molecule has 0 saturated heterocycles. The number of nitrogen functional groups attached to an aromatic ring is 1. The van der Waals surface area contributed by atoms with Crippen LogP contribution in [0.5, 0.6) is 0 Å². The van der Waals surface area contributed by atoms with Gasteiger partial charge in [0.05, 0.1) is 12.5 Å². The van der Waals surface area contributed by atoms with Gasteiger partial charge in [-0.25, -0.2) is 20.8 Å². The second-order valence-corrected chi connectivity index (χ2v) is 4.70. The van der Waals surface area contributed by atoms with Crippen LogP contribution in [0.25, 0.3) is 11.5 Å². The minimum absolute atomic E-state index is 0.532. The zero-order valence-electron chi connectivity index (χ0n) is 10.9. The molecule has 0 saturated carbocycles. The summed E-state index contributed by atoms with van der Waals surface area (Å²) >= 11 is 0. The van der Waals surface area contributed by atoms with Gasteiger partial charge in [0.25, 0.3) is 0 Å². The Morgan fingerprint density at radius 1 is 1.39 bits per heavy atom. The average molecular weight is 246 g/mol. The van der Waals surface area contributed by atoms with Crippen molar-refractivity contribution in [2.45, 2.75) is 20.3 Å². The van der Waals surface area contributed by atoms with Crippen molar-refractivity contribution >= 4 is 5.82 Å². The number of nitrogens with two attached hydrogens (primary N) is 1. The van der Waals surface area contributed by atoms with Crippen LogP contribution < -0.4 is 11.3 Å². The van der Waals surface area contributed by atoms with Crippen LogP contribution in [0.4, 0.5) is 5.82 Å². The standard InChI is InChI=1S/C12H18N6/c1-8(2)4-9-5-11(17-13)16-12(15-9)10-6-14-7-18(10)3/h5-8H,4,13H2,1-3H3,(H,15,16,17). The van der Waals surface area contributed by atoms with Crippen LogP contribution in [0.1, 0.15) is 19.5 Å². The Labute approximate surface area is 106 Å². The van der Waals surface area contributed by atoms with Gasteiger partial charge in [0.1, 0.15) is 11.5 Å².